The van der Waals surface area contributed by atoms with Crippen molar-refractivity contribution in [2.24, 2.45) is 5.92 Å². The number of nitrogens with zero attached hydrogens (tertiary/aromatic N) is 2. The van der Waals surface area contributed by atoms with E-state index in [9.17, 15) is 22.4 Å². The van der Waals surface area contributed by atoms with E-state index in [4.69, 9.17) is 32.4 Å². The molecule has 0 saturated carbocycles. The molecule has 6 nitrogen and oxygen atoms in total. The number of nitrogens with two attached hydrogens (primary N) is 1. The minimum atomic E-state index is -3.33. The third-order valence-corrected chi connectivity index (χ3v) is 4.90. The topological polar surface area (TPSA) is 70.8 Å². The summed E-state index contributed by atoms with van der Waals surface area (Å²) in [6, 6.07) is 2.40. The van der Waals surface area contributed by atoms with Gasteiger partial charge in [0.25, 0.3) is 0 Å². The van der Waals surface area contributed by atoms with Gasteiger partial charge >= 0.3 is 6.09 Å². The molecule has 12 heteroatoms. The molecule has 2 fully saturated rings. The molecule has 2 aromatic carbocycles. The van der Waals surface area contributed by atoms with Crippen molar-refractivity contribution in [1.29, 1.82) is 0 Å². The number of nitrogen functional groups attached to an aromatic ring is 1. The predicted molar refractivity (Wildman–Crippen MR) is 146 cm³/mol. The lowest BCUT2D eigenvalue weighted by Crippen LogP contribution is -2.33. The number of carbonyl (C=O) groups excluding carboxylic acids is 1. The Bertz CT molecular complexity index is 1640. The number of benzene rings is 2. The van der Waals surface area contributed by atoms with Crippen LogP contribution in [0.1, 0.15) is 35.8 Å². The lowest BCUT2D eigenvalue weighted by atomic mass is 10.2. The van der Waals surface area contributed by atoms with E-state index in [2.05, 4.69) is 5.32 Å². The summed E-state index contributed by atoms with van der Waals surface area (Å²) in [7, 11) is 0. The smallest absolute Gasteiger partial charge is 0.411 e. The normalized spacial score (nSPS) is 33.1. The maximum atomic E-state index is 14.8. The van der Waals surface area contributed by atoms with Crippen LogP contribution in [-0.2, 0) is 4.74 Å². The molecule has 0 atom stereocenters. The van der Waals surface area contributed by atoms with Crippen molar-refractivity contribution in [2.75, 3.05) is 76.3 Å². The second-order valence-corrected chi connectivity index (χ2v) is 8.69. The number of thioether (sulfide) groups is 2. The van der Waals surface area contributed by atoms with E-state index in [0.717, 1.165) is 0 Å². The van der Waals surface area contributed by atoms with Crippen molar-refractivity contribution in [1.82, 2.24) is 0 Å². The fourth-order valence-corrected chi connectivity index (χ4v) is 3.30. The van der Waals surface area contributed by atoms with Crippen LogP contribution in [0.3, 0.4) is 0 Å². The van der Waals surface area contributed by atoms with Gasteiger partial charge in [0.1, 0.15) is 11.4 Å². The Morgan fingerprint density at radius 3 is 1.73 bits per heavy atom. The number of ether oxygens (including phenoxy) is 1. The summed E-state index contributed by atoms with van der Waals surface area (Å²) in [4.78, 5) is 11.3. The molecule has 3 N–H and O–H groups in total. The number of carbonyl (C=O) groups is 1. The average molecular weight is 577 g/mol. The first-order chi connectivity index (χ1) is 23.6. The zero-order chi connectivity index (χ0) is 41.3. The molecule has 2 aromatic rings. The predicted octanol–water partition coefficient (Wildman–Crippen LogP) is 5.82. The molecule has 2 saturated heterocycles. The molecule has 204 valence electrons. The summed E-state index contributed by atoms with van der Waals surface area (Å²) >= 11 is -0.476. The van der Waals surface area contributed by atoms with Gasteiger partial charge in [-0.15, -0.1) is 0 Å². The van der Waals surface area contributed by atoms with E-state index in [1.807, 2.05) is 0 Å². The van der Waals surface area contributed by atoms with Crippen LogP contribution < -0.4 is 20.9 Å². The van der Waals surface area contributed by atoms with E-state index in [-0.39, 0.29) is 51.5 Å². The van der Waals surface area contributed by atoms with Crippen molar-refractivity contribution in [3.8, 4) is 0 Å². The number of amides is 1. The van der Waals surface area contributed by atoms with E-state index >= 15 is 0 Å². The van der Waals surface area contributed by atoms with Crippen LogP contribution in [0.15, 0.2) is 24.3 Å². The van der Waals surface area contributed by atoms with Gasteiger partial charge in [-0.1, -0.05) is 13.8 Å². The van der Waals surface area contributed by atoms with E-state index < -0.39 is 95.2 Å². The number of hydrogen-bond donors (Lipinski definition) is 2. The maximum absolute atomic E-state index is 14.8. The SMILES string of the molecule is [2H]C1([2H])SC([2H])([2H])C([2H])([2H])N(c2c(F)cc(N)cc2F)C1([2H])[2H].[2H]C1([2H])SC([2H])([2H])C([2H])([2H])N(c2c(F)cc(NC(=O)OCC(C)C)cc2F)C1([2H])[2H]. The lowest BCUT2D eigenvalue weighted by Gasteiger charge is -2.29. The largest absolute Gasteiger partial charge is 0.449 e. The molecule has 0 radical (unpaired) electrons. The first kappa shape index (κ1) is 14.1. The first-order valence-electron chi connectivity index (χ1n) is 18.3. The molecule has 2 aliphatic rings. The lowest BCUT2D eigenvalue weighted by molar-refractivity contribution is 0.147. The van der Waals surface area contributed by atoms with Crippen LogP contribution in [0.5, 0.6) is 0 Å². The van der Waals surface area contributed by atoms with Crippen molar-refractivity contribution in [3.63, 3.8) is 0 Å². The van der Waals surface area contributed by atoms with E-state index in [1.165, 1.54) is 0 Å². The molecule has 0 bridgehead atoms. The van der Waals surface area contributed by atoms with E-state index in [1.54, 1.807) is 13.8 Å². The third-order valence-electron chi connectivity index (χ3n) is 4.13. The molecule has 2 heterocycles. The molecule has 1 amide bonds. The Morgan fingerprint density at radius 2 is 1.32 bits per heavy atom. The van der Waals surface area contributed by atoms with Crippen LogP contribution in [0.25, 0.3) is 0 Å². The van der Waals surface area contributed by atoms with Gasteiger partial charge in [-0.05, 0) is 30.2 Å². The van der Waals surface area contributed by atoms with Crippen LogP contribution in [-0.4, -0.2) is 61.5 Å². The van der Waals surface area contributed by atoms with Gasteiger partial charge in [-0.3, -0.25) is 5.32 Å². The molecule has 0 spiro atoms. The van der Waals surface area contributed by atoms with Crippen molar-refractivity contribution < 1.29 is 49.0 Å². The Morgan fingerprint density at radius 1 is 0.919 bits per heavy atom. The summed E-state index contributed by atoms with van der Waals surface area (Å²) in [5.41, 5.74) is -10.1. The zero-order valence-corrected chi connectivity index (χ0v) is 20.8. The minimum Gasteiger partial charge on any atom is -0.449 e. The Kier molecular flexibility index (Phi) is 5.28. The van der Waals surface area contributed by atoms with Crippen LogP contribution in [0.2, 0.25) is 0 Å². The fourth-order valence-electron chi connectivity index (χ4n) is 2.65. The molecule has 0 aromatic heterocycles. The third kappa shape index (κ3) is 8.53. The standard InChI is InChI=1S/C15H20F2N2O2S.C10H12F2N2S/c1-10(2)9-21-15(20)18-11-7-12(16)14(13(17)8-11)19-3-5-22-6-4-19;11-8-5-7(13)6-9(12)10(8)14-1-3-15-4-2-14/h7-8,10H,3-6,9H2,1-2H3,(H,18,20);5-6H,1-4,13H2/i3D2,4D2,5D2,6D2;1D2,2D2,3D2,4D2. The second-order valence-electron chi connectivity index (χ2n) is 7.47. The molecular formula is C25H32F4N4O2S2. The highest BCUT2D eigenvalue weighted by atomic mass is 32.2. The van der Waals surface area contributed by atoms with Gasteiger partial charge in [0.15, 0.2) is 23.3 Å². The van der Waals surface area contributed by atoms with Gasteiger partial charge in [-0.2, -0.15) is 23.5 Å². The van der Waals surface area contributed by atoms with Crippen LogP contribution in [0, 0.1) is 29.2 Å². The highest BCUT2D eigenvalue weighted by molar-refractivity contribution is 7.99. The molecule has 37 heavy (non-hydrogen) atoms. The molecule has 0 aliphatic carbocycles. The van der Waals surface area contributed by atoms with Gasteiger partial charge in [0, 0.05) is 71.1 Å². The van der Waals surface area contributed by atoms with Crippen molar-refractivity contribution >= 4 is 52.4 Å². The second kappa shape index (κ2) is 13.9. The van der Waals surface area contributed by atoms with Gasteiger partial charge in [0.05, 0.1) is 17.6 Å². The molecular weight excluding hydrogens is 528 g/mol. The van der Waals surface area contributed by atoms with E-state index in [0.29, 0.717) is 24.3 Å². The minimum absolute atomic E-state index is 0.0121. The number of nitrogens with one attached hydrogen (secondary N) is 1. The van der Waals surface area contributed by atoms with Crippen LogP contribution >= 0.6 is 23.5 Å². The van der Waals surface area contributed by atoms with Crippen molar-refractivity contribution in [2.45, 2.75) is 13.8 Å². The Labute approximate surface area is 245 Å². The zero-order valence-electron chi connectivity index (χ0n) is 35.2. The maximum Gasteiger partial charge on any atom is 0.411 e. The summed E-state index contributed by atoms with van der Waals surface area (Å²) in [6.07, 6.45) is -0.997. The Balaban J connectivity index is 0.000000295. The van der Waals surface area contributed by atoms with Gasteiger partial charge < -0.3 is 20.3 Å². The first-order valence-corrected chi connectivity index (χ1v) is 11.9. The highest BCUT2D eigenvalue weighted by Crippen LogP contribution is 2.30. The summed E-state index contributed by atoms with van der Waals surface area (Å²) in [5.74, 6) is -5.89. The number of halogens is 4. The summed E-state index contributed by atoms with van der Waals surface area (Å²) < 4.78 is 188. The molecule has 2 aliphatic heterocycles. The Hall–Kier alpha value is -2.47. The summed E-state index contributed by atoms with van der Waals surface area (Å²) in [6.45, 7) is -9.56. The number of rotatable bonds is 5. The number of anilines is 4. The summed E-state index contributed by atoms with van der Waals surface area (Å²) in [5, 5.41) is 2.08. The van der Waals surface area contributed by atoms with Gasteiger partial charge in [0.2, 0.25) is 0 Å². The van der Waals surface area contributed by atoms with Gasteiger partial charge in [-0.25, -0.2) is 22.4 Å². The molecule has 4 rings (SSSR count). The fraction of sp³-hybridized carbons (Fsp3) is 0.480. The monoisotopic (exact) mass is 576 g/mol. The molecule has 0 unspecified atom stereocenters. The number of hydrogen-bond acceptors (Lipinski definition) is 7. The van der Waals surface area contributed by atoms with Crippen LogP contribution in [0.4, 0.5) is 45.1 Å². The van der Waals surface area contributed by atoms with Crippen molar-refractivity contribution in [3.05, 3.63) is 47.5 Å². The highest BCUT2D eigenvalue weighted by Gasteiger charge is 2.21. The average Bonchev–Trinajstić information content (AvgIpc) is 2.93. The quantitative estimate of drug-likeness (QED) is 0.343.